The smallest absolute Gasteiger partial charge is 0.157 e. The highest BCUT2D eigenvalue weighted by molar-refractivity contribution is 4.96. The summed E-state index contributed by atoms with van der Waals surface area (Å²) < 4.78 is 13.9. The molecule has 0 aromatic carbocycles. The molecule has 5 heteroatoms. The largest absolute Gasteiger partial charge is 0.353 e. The van der Waals surface area contributed by atoms with E-state index in [9.17, 15) is 0 Å². The first kappa shape index (κ1) is 16.0. The normalized spacial score (nSPS) is 27.1. The van der Waals surface area contributed by atoms with Gasteiger partial charge >= 0.3 is 0 Å². The molecule has 3 rings (SSSR count). The molecule has 5 nitrogen and oxygen atoms in total. The van der Waals surface area contributed by atoms with Gasteiger partial charge in [0.2, 0.25) is 0 Å². The lowest BCUT2D eigenvalue weighted by Gasteiger charge is -2.34. The van der Waals surface area contributed by atoms with Gasteiger partial charge in [-0.15, -0.1) is 0 Å². The number of hydrogen-bond donors (Lipinski definition) is 0. The van der Waals surface area contributed by atoms with E-state index >= 15 is 0 Å². The molecule has 0 N–H and O–H groups in total. The molecule has 2 aliphatic heterocycles. The van der Waals surface area contributed by atoms with Crippen LogP contribution in [0.3, 0.4) is 0 Å². The van der Waals surface area contributed by atoms with Gasteiger partial charge in [0.05, 0.1) is 6.61 Å². The lowest BCUT2D eigenvalue weighted by Crippen LogP contribution is -2.39. The first-order valence-corrected chi connectivity index (χ1v) is 8.84. The molecule has 0 aliphatic carbocycles. The molecular formula is C17H29N3O2. The van der Waals surface area contributed by atoms with Crippen LogP contribution < -0.4 is 0 Å². The van der Waals surface area contributed by atoms with E-state index in [4.69, 9.17) is 9.47 Å². The average Bonchev–Trinajstić information content (AvgIpc) is 3.05. The molecule has 0 amide bonds. The SMILES string of the molecule is CCc1nccn1C1CCCN(CCOC2CCCCO2)C1. The molecule has 3 heterocycles. The van der Waals surface area contributed by atoms with Crippen LogP contribution in [0.4, 0.5) is 0 Å². The highest BCUT2D eigenvalue weighted by Crippen LogP contribution is 2.23. The minimum Gasteiger partial charge on any atom is -0.353 e. The summed E-state index contributed by atoms with van der Waals surface area (Å²) in [6.45, 7) is 7.11. The molecule has 0 bridgehead atoms. The molecule has 1 aromatic rings. The molecule has 2 atom stereocenters. The van der Waals surface area contributed by atoms with Crippen LogP contribution in [-0.4, -0.2) is 53.6 Å². The van der Waals surface area contributed by atoms with Crippen LogP contribution in [0.25, 0.3) is 0 Å². The van der Waals surface area contributed by atoms with Gasteiger partial charge in [0.25, 0.3) is 0 Å². The summed E-state index contributed by atoms with van der Waals surface area (Å²) in [7, 11) is 0. The molecule has 124 valence electrons. The number of rotatable bonds is 6. The minimum atomic E-state index is 0.0367. The lowest BCUT2D eigenvalue weighted by atomic mass is 10.1. The van der Waals surface area contributed by atoms with Crippen molar-refractivity contribution < 1.29 is 9.47 Å². The Bertz CT molecular complexity index is 443. The first-order chi connectivity index (χ1) is 10.9. The fourth-order valence-electron chi connectivity index (χ4n) is 3.57. The average molecular weight is 307 g/mol. The van der Waals surface area contributed by atoms with E-state index in [1.54, 1.807) is 0 Å². The summed E-state index contributed by atoms with van der Waals surface area (Å²) in [4.78, 5) is 6.99. The van der Waals surface area contributed by atoms with Gasteiger partial charge in [0.1, 0.15) is 5.82 Å². The van der Waals surface area contributed by atoms with Crippen molar-refractivity contribution in [3.63, 3.8) is 0 Å². The third-order valence-electron chi connectivity index (χ3n) is 4.79. The molecule has 1 aromatic heterocycles. The van der Waals surface area contributed by atoms with Crippen LogP contribution in [-0.2, 0) is 15.9 Å². The highest BCUT2D eigenvalue weighted by Gasteiger charge is 2.22. The molecule has 0 spiro atoms. The third-order valence-corrected chi connectivity index (χ3v) is 4.79. The van der Waals surface area contributed by atoms with Gasteiger partial charge < -0.3 is 14.0 Å². The maximum atomic E-state index is 5.87. The molecule has 2 aliphatic rings. The topological polar surface area (TPSA) is 39.5 Å². The van der Waals surface area contributed by atoms with Crippen molar-refractivity contribution in [1.82, 2.24) is 14.5 Å². The van der Waals surface area contributed by atoms with E-state index in [2.05, 4.69) is 27.6 Å². The first-order valence-electron chi connectivity index (χ1n) is 8.84. The van der Waals surface area contributed by atoms with Gasteiger partial charge in [-0.2, -0.15) is 0 Å². The Hall–Kier alpha value is -0.910. The number of imidazole rings is 1. The number of hydrogen-bond acceptors (Lipinski definition) is 4. The van der Waals surface area contributed by atoms with Crippen molar-refractivity contribution in [3.05, 3.63) is 18.2 Å². The number of nitrogens with zero attached hydrogens (tertiary/aromatic N) is 3. The number of likely N-dealkylation sites (tertiary alicyclic amines) is 1. The van der Waals surface area contributed by atoms with Crippen molar-refractivity contribution in [1.29, 1.82) is 0 Å². The lowest BCUT2D eigenvalue weighted by molar-refractivity contribution is -0.164. The van der Waals surface area contributed by atoms with Crippen molar-refractivity contribution in [2.45, 2.75) is 57.8 Å². The van der Waals surface area contributed by atoms with Crippen LogP contribution in [0.2, 0.25) is 0 Å². The van der Waals surface area contributed by atoms with Crippen molar-refractivity contribution in [2.75, 3.05) is 32.8 Å². The monoisotopic (exact) mass is 307 g/mol. The molecule has 22 heavy (non-hydrogen) atoms. The van der Waals surface area contributed by atoms with Crippen LogP contribution in [0.15, 0.2) is 12.4 Å². The Kier molecular flexibility index (Phi) is 5.87. The molecule has 0 saturated carbocycles. The van der Waals surface area contributed by atoms with E-state index in [1.165, 1.54) is 38.1 Å². The quantitative estimate of drug-likeness (QED) is 0.810. The Morgan fingerprint density at radius 1 is 1.32 bits per heavy atom. The number of ether oxygens (including phenoxy) is 2. The van der Waals surface area contributed by atoms with Crippen molar-refractivity contribution in [3.8, 4) is 0 Å². The summed E-state index contributed by atoms with van der Waals surface area (Å²) in [6, 6.07) is 0.567. The van der Waals surface area contributed by atoms with Gasteiger partial charge in [0, 0.05) is 44.6 Å². The summed E-state index contributed by atoms with van der Waals surface area (Å²) in [6.07, 6.45) is 11.1. The van der Waals surface area contributed by atoms with Gasteiger partial charge in [-0.05, 0) is 38.6 Å². The predicted molar refractivity (Wildman–Crippen MR) is 85.9 cm³/mol. The second-order valence-corrected chi connectivity index (χ2v) is 6.37. The van der Waals surface area contributed by atoms with Gasteiger partial charge in [-0.1, -0.05) is 6.92 Å². The standard InChI is InChI=1S/C17H29N3O2/c1-2-16-18-8-10-20(16)15-6-5-9-19(14-15)11-13-22-17-7-3-4-12-21-17/h8,10,15,17H,2-7,9,11-14H2,1H3. The Morgan fingerprint density at radius 2 is 2.27 bits per heavy atom. The fraction of sp³-hybridized carbons (Fsp3) is 0.824. The van der Waals surface area contributed by atoms with Crippen LogP contribution in [0.5, 0.6) is 0 Å². The van der Waals surface area contributed by atoms with E-state index in [1.807, 2.05) is 6.20 Å². The second kappa shape index (κ2) is 8.09. The maximum Gasteiger partial charge on any atom is 0.157 e. The zero-order valence-electron chi connectivity index (χ0n) is 13.7. The number of aromatic nitrogens is 2. The van der Waals surface area contributed by atoms with Gasteiger partial charge in [-0.3, -0.25) is 4.90 Å². The molecular weight excluding hydrogens is 278 g/mol. The maximum absolute atomic E-state index is 5.87. The highest BCUT2D eigenvalue weighted by atomic mass is 16.7. The second-order valence-electron chi connectivity index (χ2n) is 6.37. The van der Waals surface area contributed by atoms with Gasteiger partial charge in [0.15, 0.2) is 6.29 Å². The van der Waals surface area contributed by atoms with Crippen LogP contribution in [0, 0.1) is 0 Å². The predicted octanol–water partition coefficient (Wildman–Crippen LogP) is 2.63. The molecule has 2 saturated heterocycles. The third kappa shape index (κ3) is 4.09. The van der Waals surface area contributed by atoms with Crippen LogP contribution in [0.1, 0.15) is 50.9 Å². The molecule has 2 unspecified atom stereocenters. The molecule has 2 fully saturated rings. The van der Waals surface area contributed by atoms with E-state index in [-0.39, 0.29) is 6.29 Å². The number of aryl methyl sites for hydroxylation is 1. The number of piperidine rings is 1. The zero-order chi connectivity index (χ0) is 15.2. The minimum absolute atomic E-state index is 0.0367. The van der Waals surface area contributed by atoms with Crippen LogP contribution >= 0.6 is 0 Å². The molecule has 0 radical (unpaired) electrons. The zero-order valence-corrected chi connectivity index (χ0v) is 13.7. The Balaban J connectivity index is 1.44. The van der Waals surface area contributed by atoms with Gasteiger partial charge in [-0.25, -0.2) is 4.98 Å². The summed E-state index contributed by atoms with van der Waals surface area (Å²) >= 11 is 0. The van der Waals surface area contributed by atoms with E-state index in [0.29, 0.717) is 6.04 Å². The van der Waals surface area contributed by atoms with E-state index < -0.39 is 0 Å². The van der Waals surface area contributed by atoms with Crippen molar-refractivity contribution >= 4 is 0 Å². The fourth-order valence-corrected chi connectivity index (χ4v) is 3.57. The summed E-state index contributed by atoms with van der Waals surface area (Å²) in [5.41, 5.74) is 0. The summed E-state index contributed by atoms with van der Waals surface area (Å²) in [5, 5.41) is 0. The van der Waals surface area contributed by atoms with Crippen molar-refractivity contribution in [2.24, 2.45) is 0 Å². The van der Waals surface area contributed by atoms with E-state index in [0.717, 1.165) is 39.1 Å². The Morgan fingerprint density at radius 3 is 3.09 bits per heavy atom. The Labute approximate surface area is 133 Å². The summed E-state index contributed by atoms with van der Waals surface area (Å²) in [5.74, 6) is 1.21.